The van der Waals surface area contributed by atoms with Crippen LogP contribution in [0.2, 0.25) is 0 Å². The predicted octanol–water partition coefficient (Wildman–Crippen LogP) is 2.28. The highest BCUT2D eigenvalue weighted by Gasteiger charge is 2.25. The molecule has 0 spiro atoms. The fraction of sp³-hybridized carbons (Fsp3) is 0.385. The second kappa shape index (κ2) is 4.88. The maximum absolute atomic E-state index is 11.4. The lowest BCUT2D eigenvalue weighted by Gasteiger charge is -2.19. The van der Waals surface area contributed by atoms with Crippen LogP contribution in [0.1, 0.15) is 29.8 Å². The standard InChI is InChI=1S/C13H15NO3/c1-13(2,8-14)10-7-9(12(15)17-4)5-6-11(10)16-3/h5-7H,1-4H3. The van der Waals surface area contributed by atoms with Gasteiger partial charge >= 0.3 is 5.97 Å². The highest BCUT2D eigenvalue weighted by molar-refractivity contribution is 5.89. The van der Waals surface area contributed by atoms with Gasteiger partial charge in [-0.3, -0.25) is 0 Å². The van der Waals surface area contributed by atoms with E-state index in [9.17, 15) is 4.79 Å². The summed E-state index contributed by atoms with van der Waals surface area (Å²) in [4.78, 5) is 11.4. The van der Waals surface area contributed by atoms with Gasteiger partial charge in [0, 0.05) is 5.56 Å². The first-order valence-corrected chi connectivity index (χ1v) is 5.14. The molecular weight excluding hydrogens is 218 g/mol. The Balaban J connectivity index is 3.36. The van der Waals surface area contributed by atoms with E-state index < -0.39 is 11.4 Å². The van der Waals surface area contributed by atoms with Crippen LogP contribution in [0.4, 0.5) is 0 Å². The molecule has 0 fully saturated rings. The molecule has 90 valence electrons. The van der Waals surface area contributed by atoms with E-state index in [1.807, 2.05) is 0 Å². The molecule has 0 saturated carbocycles. The fourth-order valence-electron chi connectivity index (χ4n) is 1.50. The third-order valence-corrected chi connectivity index (χ3v) is 2.57. The molecule has 0 saturated heterocycles. The fourth-order valence-corrected chi connectivity index (χ4v) is 1.50. The van der Waals surface area contributed by atoms with Gasteiger partial charge in [0.15, 0.2) is 0 Å². The first-order chi connectivity index (χ1) is 7.96. The Labute approximate surface area is 101 Å². The minimum atomic E-state index is -0.727. The minimum absolute atomic E-state index is 0.409. The van der Waals surface area contributed by atoms with Crippen molar-refractivity contribution in [2.24, 2.45) is 0 Å². The summed E-state index contributed by atoms with van der Waals surface area (Å²) in [7, 11) is 2.85. The molecule has 1 aromatic carbocycles. The number of esters is 1. The molecule has 0 unspecified atom stereocenters. The Morgan fingerprint density at radius 2 is 2.00 bits per heavy atom. The average Bonchev–Trinajstić information content (AvgIpc) is 2.36. The predicted molar refractivity (Wildman–Crippen MR) is 63.0 cm³/mol. The van der Waals surface area contributed by atoms with Crippen LogP contribution < -0.4 is 4.74 Å². The average molecular weight is 233 g/mol. The van der Waals surface area contributed by atoms with Crippen molar-refractivity contribution in [2.45, 2.75) is 19.3 Å². The summed E-state index contributed by atoms with van der Waals surface area (Å²) in [5.41, 5.74) is 0.354. The molecule has 0 bridgehead atoms. The van der Waals surface area contributed by atoms with Gasteiger partial charge in [0.05, 0.1) is 31.3 Å². The Kier molecular flexibility index (Phi) is 3.74. The molecule has 4 heteroatoms. The van der Waals surface area contributed by atoms with E-state index >= 15 is 0 Å². The summed E-state index contributed by atoms with van der Waals surface area (Å²) in [5.74, 6) is 0.159. The van der Waals surface area contributed by atoms with Gasteiger partial charge in [0.1, 0.15) is 5.75 Å². The zero-order valence-corrected chi connectivity index (χ0v) is 10.4. The number of ether oxygens (including phenoxy) is 2. The lowest BCUT2D eigenvalue weighted by molar-refractivity contribution is 0.0600. The van der Waals surface area contributed by atoms with Crippen molar-refractivity contribution in [3.8, 4) is 11.8 Å². The van der Waals surface area contributed by atoms with Crippen molar-refractivity contribution < 1.29 is 14.3 Å². The van der Waals surface area contributed by atoms with E-state index in [0.29, 0.717) is 16.9 Å². The van der Waals surface area contributed by atoms with Crippen LogP contribution in [0.3, 0.4) is 0 Å². The summed E-state index contributed by atoms with van der Waals surface area (Å²) >= 11 is 0. The molecule has 0 amide bonds. The first-order valence-electron chi connectivity index (χ1n) is 5.14. The molecule has 0 N–H and O–H groups in total. The molecule has 17 heavy (non-hydrogen) atoms. The zero-order chi connectivity index (χ0) is 13.1. The van der Waals surface area contributed by atoms with Gasteiger partial charge in [-0.25, -0.2) is 4.79 Å². The first kappa shape index (κ1) is 13.0. The minimum Gasteiger partial charge on any atom is -0.496 e. The Morgan fingerprint density at radius 1 is 1.35 bits per heavy atom. The van der Waals surface area contributed by atoms with E-state index in [-0.39, 0.29) is 0 Å². The molecule has 0 heterocycles. The number of carbonyl (C=O) groups excluding carboxylic acids is 1. The third-order valence-electron chi connectivity index (χ3n) is 2.57. The number of benzene rings is 1. The van der Waals surface area contributed by atoms with Crippen LogP contribution in [0, 0.1) is 11.3 Å². The Bertz CT molecular complexity index is 472. The topological polar surface area (TPSA) is 59.3 Å². The van der Waals surface area contributed by atoms with Crippen LogP contribution in [-0.2, 0) is 10.2 Å². The Hall–Kier alpha value is -2.02. The van der Waals surface area contributed by atoms with Gasteiger partial charge in [-0.1, -0.05) is 0 Å². The van der Waals surface area contributed by atoms with Gasteiger partial charge in [-0.2, -0.15) is 5.26 Å². The van der Waals surface area contributed by atoms with Crippen molar-refractivity contribution in [3.63, 3.8) is 0 Å². The van der Waals surface area contributed by atoms with Crippen molar-refractivity contribution in [1.82, 2.24) is 0 Å². The number of nitriles is 1. The van der Waals surface area contributed by atoms with Crippen LogP contribution in [0.5, 0.6) is 5.75 Å². The lowest BCUT2D eigenvalue weighted by atomic mass is 9.84. The normalized spacial score (nSPS) is 10.5. The lowest BCUT2D eigenvalue weighted by Crippen LogP contribution is -2.16. The van der Waals surface area contributed by atoms with E-state index in [1.165, 1.54) is 14.2 Å². The largest absolute Gasteiger partial charge is 0.496 e. The summed E-state index contributed by atoms with van der Waals surface area (Å²) in [6.07, 6.45) is 0. The molecule has 1 aromatic rings. The summed E-state index contributed by atoms with van der Waals surface area (Å²) in [6, 6.07) is 7.10. The molecular formula is C13H15NO3. The summed E-state index contributed by atoms with van der Waals surface area (Å²) in [6.45, 7) is 3.54. The maximum atomic E-state index is 11.4. The highest BCUT2D eigenvalue weighted by Crippen LogP contribution is 2.32. The van der Waals surface area contributed by atoms with E-state index in [2.05, 4.69) is 10.8 Å². The molecule has 0 aliphatic carbocycles. The SMILES string of the molecule is COC(=O)c1ccc(OC)c(C(C)(C)C#N)c1. The van der Waals surface area contributed by atoms with Crippen LogP contribution in [0.15, 0.2) is 18.2 Å². The van der Waals surface area contributed by atoms with Crippen molar-refractivity contribution in [3.05, 3.63) is 29.3 Å². The highest BCUT2D eigenvalue weighted by atomic mass is 16.5. The molecule has 0 atom stereocenters. The van der Waals surface area contributed by atoms with Crippen molar-refractivity contribution in [1.29, 1.82) is 5.26 Å². The maximum Gasteiger partial charge on any atom is 0.337 e. The second-order valence-electron chi connectivity index (χ2n) is 4.14. The molecule has 0 aliphatic rings. The van der Waals surface area contributed by atoms with Crippen LogP contribution in [-0.4, -0.2) is 20.2 Å². The van der Waals surface area contributed by atoms with Crippen LogP contribution in [0.25, 0.3) is 0 Å². The van der Waals surface area contributed by atoms with E-state index in [0.717, 1.165) is 0 Å². The van der Waals surface area contributed by atoms with Gasteiger partial charge in [0.2, 0.25) is 0 Å². The van der Waals surface area contributed by atoms with Gasteiger partial charge < -0.3 is 9.47 Å². The number of methoxy groups -OCH3 is 2. The van der Waals surface area contributed by atoms with Gasteiger partial charge in [-0.05, 0) is 32.0 Å². The van der Waals surface area contributed by atoms with Gasteiger partial charge in [0.25, 0.3) is 0 Å². The summed E-state index contributed by atoms with van der Waals surface area (Å²) < 4.78 is 9.85. The van der Waals surface area contributed by atoms with Gasteiger partial charge in [-0.15, -0.1) is 0 Å². The molecule has 1 rings (SSSR count). The van der Waals surface area contributed by atoms with E-state index in [4.69, 9.17) is 10.00 Å². The molecule has 0 aliphatic heterocycles. The number of hydrogen-bond donors (Lipinski definition) is 0. The van der Waals surface area contributed by atoms with Crippen LogP contribution >= 0.6 is 0 Å². The number of rotatable bonds is 3. The second-order valence-corrected chi connectivity index (χ2v) is 4.14. The molecule has 4 nitrogen and oxygen atoms in total. The zero-order valence-electron chi connectivity index (χ0n) is 10.4. The monoisotopic (exact) mass is 233 g/mol. The number of carbonyl (C=O) groups is 1. The van der Waals surface area contributed by atoms with Crippen molar-refractivity contribution in [2.75, 3.05) is 14.2 Å². The van der Waals surface area contributed by atoms with E-state index in [1.54, 1.807) is 32.0 Å². The smallest absolute Gasteiger partial charge is 0.337 e. The Morgan fingerprint density at radius 3 is 2.47 bits per heavy atom. The number of hydrogen-bond acceptors (Lipinski definition) is 4. The third kappa shape index (κ3) is 2.56. The summed E-state index contributed by atoms with van der Waals surface area (Å²) in [5, 5.41) is 9.13. The quantitative estimate of drug-likeness (QED) is 0.751. The number of nitrogens with zero attached hydrogens (tertiary/aromatic N) is 1. The molecule has 0 radical (unpaired) electrons. The molecule has 0 aromatic heterocycles. The van der Waals surface area contributed by atoms with Crippen molar-refractivity contribution >= 4 is 5.97 Å².